The third-order valence-corrected chi connectivity index (χ3v) is 5.28. The van der Waals surface area contributed by atoms with Crippen molar-refractivity contribution in [1.29, 1.82) is 0 Å². The molecule has 5 nitrogen and oxygen atoms in total. The fraction of sp³-hybridized carbons (Fsp3) is 0.381. The van der Waals surface area contributed by atoms with Crippen molar-refractivity contribution >= 4 is 5.91 Å². The largest absolute Gasteiger partial charge is 0.496 e. The highest BCUT2D eigenvalue weighted by atomic mass is 19.1. The first kappa shape index (κ1) is 19.0. The maximum absolute atomic E-state index is 13.3. The zero-order chi connectivity index (χ0) is 19.4. The Balaban J connectivity index is 1.82. The second-order valence-corrected chi connectivity index (χ2v) is 6.64. The van der Waals surface area contributed by atoms with Gasteiger partial charge in [0.1, 0.15) is 23.1 Å². The SMILES string of the molecule is COc1cc(OC)c(CNC(=O)C2(c3ccc(F)cc3)CCC2)c(OC)c1. The fourth-order valence-electron chi connectivity index (χ4n) is 3.54. The molecule has 3 rings (SSSR count). The molecule has 1 aliphatic carbocycles. The minimum Gasteiger partial charge on any atom is -0.496 e. The van der Waals surface area contributed by atoms with Gasteiger partial charge in [0.15, 0.2) is 0 Å². The molecule has 2 aromatic rings. The maximum atomic E-state index is 13.3. The Morgan fingerprint density at radius 2 is 1.63 bits per heavy atom. The average molecular weight is 373 g/mol. The number of methoxy groups -OCH3 is 3. The molecule has 0 atom stereocenters. The quantitative estimate of drug-likeness (QED) is 0.806. The molecule has 1 amide bonds. The number of benzene rings is 2. The summed E-state index contributed by atoms with van der Waals surface area (Å²) in [6.07, 6.45) is 2.47. The van der Waals surface area contributed by atoms with Crippen molar-refractivity contribution in [3.05, 3.63) is 53.3 Å². The first-order chi connectivity index (χ1) is 13.0. The van der Waals surface area contributed by atoms with Gasteiger partial charge in [-0.3, -0.25) is 4.79 Å². The van der Waals surface area contributed by atoms with Crippen LogP contribution >= 0.6 is 0 Å². The van der Waals surface area contributed by atoms with Crippen LogP contribution in [0.4, 0.5) is 4.39 Å². The van der Waals surface area contributed by atoms with E-state index in [-0.39, 0.29) is 18.3 Å². The molecule has 1 aliphatic rings. The van der Waals surface area contributed by atoms with Gasteiger partial charge in [0.25, 0.3) is 0 Å². The van der Waals surface area contributed by atoms with E-state index in [2.05, 4.69) is 5.32 Å². The summed E-state index contributed by atoms with van der Waals surface area (Å²) in [7, 11) is 4.69. The Bertz CT molecular complexity index is 790. The maximum Gasteiger partial charge on any atom is 0.230 e. The Labute approximate surface area is 158 Å². The number of amides is 1. The smallest absolute Gasteiger partial charge is 0.230 e. The lowest BCUT2D eigenvalue weighted by atomic mass is 9.64. The van der Waals surface area contributed by atoms with Crippen LogP contribution in [-0.4, -0.2) is 27.2 Å². The molecule has 1 fully saturated rings. The minimum absolute atomic E-state index is 0.0692. The molecule has 0 spiro atoms. The average Bonchev–Trinajstić information content (AvgIpc) is 2.66. The van der Waals surface area contributed by atoms with Gasteiger partial charge in [0.2, 0.25) is 5.91 Å². The monoisotopic (exact) mass is 373 g/mol. The van der Waals surface area contributed by atoms with E-state index in [0.29, 0.717) is 17.2 Å². The van der Waals surface area contributed by atoms with Gasteiger partial charge in [-0.1, -0.05) is 18.6 Å². The molecule has 0 heterocycles. The molecule has 0 radical (unpaired) electrons. The molecular formula is C21H24FNO4. The minimum atomic E-state index is -0.597. The van der Waals surface area contributed by atoms with E-state index in [9.17, 15) is 9.18 Å². The molecule has 0 aromatic heterocycles. The molecule has 0 unspecified atom stereocenters. The summed E-state index contributed by atoms with van der Waals surface area (Å²) >= 11 is 0. The predicted molar refractivity (Wildman–Crippen MR) is 99.9 cm³/mol. The van der Waals surface area contributed by atoms with Crippen LogP contribution in [0.25, 0.3) is 0 Å². The van der Waals surface area contributed by atoms with Gasteiger partial charge < -0.3 is 19.5 Å². The number of hydrogen-bond donors (Lipinski definition) is 1. The second kappa shape index (κ2) is 7.86. The van der Waals surface area contributed by atoms with Crippen LogP contribution in [0, 0.1) is 5.82 Å². The lowest BCUT2D eigenvalue weighted by Gasteiger charge is -2.40. The van der Waals surface area contributed by atoms with Gasteiger partial charge in [-0.25, -0.2) is 4.39 Å². The fourth-order valence-corrected chi connectivity index (χ4v) is 3.54. The van der Waals surface area contributed by atoms with Crippen molar-refractivity contribution in [2.75, 3.05) is 21.3 Å². The van der Waals surface area contributed by atoms with E-state index < -0.39 is 5.41 Å². The Hall–Kier alpha value is -2.76. The number of carbonyl (C=O) groups excluding carboxylic acids is 1. The number of halogens is 1. The van der Waals surface area contributed by atoms with Gasteiger partial charge in [-0.15, -0.1) is 0 Å². The van der Waals surface area contributed by atoms with E-state index in [1.807, 2.05) is 0 Å². The topological polar surface area (TPSA) is 56.8 Å². The second-order valence-electron chi connectivity index (χ2n) is 6.64. The van der Waals surface area contributed by atoms with Crippen LogP contribution in [0.5, 0.6) is 17.2 Å². The molecule has 27 heavy (non-hydrogen) atoms. The summed E-state index contributed by atoms with van der Waals surface area (Å²) in [6.45, 7) is 0.262. The van der Waals surface area contributed by atoms with E-state index >= 15 is 0 Å². The van der Waals surface area contributed by atoms with Gasteiger partial charge in [-0.05, 0) is 30.5 Å². The molecular weight excluding hydrogens is 349 g/mol. The standard InChI is InChI=1S/C21H24FNO4/c1-25-16-11-18(26-2)17(19(12-16)27-3)13-23-20(24)21(9-4-10-21)14-5-7-15(22)8-6-14/h5-8,11-12H,4,9-10,13H2,1-3H3,(H,23,24). The molecule has 0 saturated heterocycles. The lowest BCUT2D eigenvalue weighted by molar-refractivity contribution is -0.130. The highest BCUT2D eigenvalue weighted by Crippen LogP contribution is 2.44. The number of nitrogens with one attached hydrogen (secondary N) is 1. The summed E-state index contributed by atoms with van der Waals surface area (Å²) < 4.78 is 29.4. The van der Waals surface area contributed by atoms with Crippen molar-refractivity contribution in [2.45, 2.75) is 31.2 Å². The van der Waals surface area contributed by atoms with Crippen molar-refractivity contribution in [1.82, 2.24) is 5.32 Å². The Morgan fingerprint density at radius 3 is 2.07 bits per heavy atom. The van der Waals surface area contributed by atoms with Crippen molar-refractivity contribution < 1.29 is 23.4 Å². The van der Waals surface area contributed by atoms with E-state index in [0.717, 1.165) is 30.4 Å². The van der Waals surface area contributed by atoms with Crippen molar-refractivity contribution in [3.8, 4) is 17.2 Å². The van der Waals surface area contributed by atoms with Crippen LogP contribution in [0.15, 0.2) is 36.4 Å². The van der Waals surface area contributed by atoms with Gasteiger partial charge in [0.05, 0.1) is 38.9 Å². The van der Waals surface area contributed by atoms with Crippen LogP contribution in [0.3, 0.4) is 0 Å². The third-order valence-electron chi connectivity index (χ3n) is 5.28. The number of rotatable bonds is 7. The first-order valence-corrected chi connectivity index (χ1v) is 8.87. The number of hydrogen-bond acceptors (Lipinski definition) is 4. The van der Waals surface area contributed by atoms with Crippen LogP contribution in [-0.2, 0) is 16.8 Å². The highest BCUT2D eigenvalue weighted by Gasteiger charge is 2.45. The summed E-state index contributed by atoms with van der Waals surface area (Å²) in [5.74, 6) is 1.40. The molecule has 0 aliphatic heterocycles. The number of carbonyl (C=O) groups is 1. The Morgan fingerprint density at radius 1 is 1.04 bits per heavy atom. The molecule has 6 heteroatoms. The Kier molecular flexibility index (Phi) is 5.54. The van der Waals surface area contributed by atoms with Crippen molar-refractivity contribution in [3.63, 3.8) is 0 Å². The zero-order valence-electron chi connectivity index (χ0n) is 15.8. The van der Waals surface area contributed by atoms with E-state index in [4.69, 9.17) is 14.2 Å². The molecule has 1 N–H and O–H groups in total. The van der Waals surface area contributed by atoms with Crippen LogP contribution < -0.4 is 19.5 Å². The van der Waals surface area contributed by atoms with Crippen LogP contribution in [0.2, 0.25) is 0 Å². The van der Waals surface area contributed by atoms with E-state index in [1.165, 1.54) is 12.1 Å². The zero-order valence-corrected chi connectivity index (χ0v) is 15.8. The summed E-state index contributed by atoms with van der Waals surface area (Å²) in [5.41, 5.74) is 0.990. The molecule has 2 aromatic carbocycles. The summed E-state index contributed by atoms with van der Waals surface area (Å²) in [4.78, 5) is 13.0. The van der Waals surface area contributed by atoms with Gasteiger partial charge in [-0.2, -0.15) is 0 Å². The summed E-state index contributed by atoms with van der Waals surface area (Å²) in [6, 6.07) is 9.70. The highest BCUT2D eigenvalue weighted by molar-refractivity contribution is 5.89. The molecule has 144 valence electrons. The predicted octanol–water partition coefficient (Wildman–Crippen LogP) is 3.59. The van der Waals surface area contributed by atoms with Crippen LogP contribution in [0.1, 0.15) is 30.4 Å². The molecule has 1 saturated carbocycles. The number of ether oxygens (including phenoxy) is 3. The first-order valence-electron chi connectivity index (χ1n) is 8.87. The van der Waals surface area contributed by atoms with Gasteiger partial charge >= 0.3 is 0 Å². The van der Waals surface area contributed by atoms with E-state index in [1.54, 1.807) is 45.6 Å². The summed E-state index contributed by atoms with van der Waals surface area (Å²) in [5, 5.41) is 3.01. The lowest BCUT2D eigenvalue weighted by Crippen LogP contribution is -2.49. The normalized spacial score (nSPS) is 14.8. The van der Waals surface area contributed by atoms with Crippen molar-refractivity contribution in [2.24, 2.45) is 0 Å². The molecule has 0 bridgehead atoms. The third kappa shape index (κ3) is 3.56. The van der Waals surface area contributed by atoms with Gasteiger partial charge in [0, 0.05) is 12.1 Å².